The zero-order valence-electron chi connectivity index (χ0n) is 22.6. The van der Waals surface area contributed by atoms with Crippen LogP contribution in [-0.4, -0.2) is 53.4 Å². The molecule has 4 aromatic rings. The number of thiazole rings is 1. The Bertz CT molecular complexity index is 1650. The van der Waals surface area contributed by atoms with Crippen molar-refractivity contribution in [2.45, 2.75) is 19.5 Å². The molecular weight excluding hydrogens is 619 g/mol. The number of piperazine rings is 1. The average Bonchev–Trinajstić information content (AvgIpc) is 3.35. The molecule has 1 amide bonds. The molecular formula is C27H22F7N7O2S. The van der Waals surface area contributed by atoms with E-state index in [2.05, 4.69) is 35.6 Å². The third-order valence-electron chi connectivity index (χ3n) is 6.30. The molecule has 0 unspecified atom stereocenters. The van der Waals surface area contributed by atoms with Gasteiger partial charge in [0.2, 0.25) is 5.95 Å². The minimum absolute atomic E-state index is 0.00285. The molecule has 17 heteroatoms. The molecule has 0 radical (unpaired) electrons. The number of hydrogen-bond donors (Lipinski definition) is 3. The van der Waals surface area contributed by atoms with Crippen LogP contribution in [0.5, 0.6) is 5.75 Å². The van der Waals surface area contributed by atoms with Crippen LogP contribution in [0.25, 0.3) is 10.6 Å². The summed E-state index contributed by atoms with van der Waals surface area (Å²) in [5.74, 6) is -2.22. The fourth-order valence-electron chi connectivity index (χ4n) is 4.34. The van der Waals surface area contributed by atoms with Gasteiger partial charge in [0.05, 0.1) is 16.9 Å². The number of ether oxygens (including phenoxy) is 1. The molecule has 0 spiro atoms. The van der Waals surface area contributed by atoms with Crippen LogP contribution in [0.2, 0.25) is 0 Å². The van der Waals surface area contributed by atoms with Gasteiger partial charge in [0, 0.05) is 43.8 Å². The highest BCUT2D eigenvalue weighted by atomic mass is 32.1. The Morgan fingerprint density at radius 1 is 1.00 bits per heavy atom. The van der Waals surface area contributed by atoms with E-state index in [1.807, 2.05) is 4.90 Å². The summed E-state index contributed by atoms with van der Waals surface area (Å²) in [6.07, 6.45) is -8.98. The molecule has 0 bridgehead atoms. The van der Waals surface area contributed by atoms with Gasteiger partial charge >= 0.3 is 12.5 Å². The van der Waals surface area contributed by atoms with E-state index >= 15 is 0 Å². The highest BCUT2D eigenvalue weighted by Crippen LogP contribution is 2.39. The second-order valence-electron chi connectivity index (χ2n) is 9.44. The number of rotatable bonds is 7. The van der Waals surface area contributed by atoms with Gasteiger partial charge < -0.3 is 25.6 Å². The number of aryl methyl sites for hydroxylation is 1. The van der Waals surface area contributed by atoms with Gasteiger partial charge in [-0.1, -0.05) is 0 Å². The summed E-state index contributed by atoms with van der Waals surface area (Å²) in [6.45, 7) is 4.12. The molecule has 3 heterocycles. The Hall–Kier alpha value is -4.51. The minimum atomic E-state index is -4.95. The van der Waals surface area contributed by atoms with Crippen molar-refractivity contribution in [3.63, 3.8) is 0 Å². The van der Waals surface area contributed by atoms with E-state index in [0.29, 0.717) is 43.2 Å². The number of amides is 1. The maximum atomic E-state index is 14.8. The average molecular weight is 642 g/mol. The Morgan fingerprint density at radius 2 is 1.68 bits per heavy atom. The monoisotopic (exact) mass is 641 g/mol. The first-order chi connectivity index (χ1) is 20.8. The number of carbonyl (C=O) groups excluding carboxylic acids is 1. The van der Waals surface area contributed by atoms with E-state index in [0.717, 1.165) is 30.5 Å². The van der Waals surface area contributed by atoms with Crippen LogP contribution in [0.3, 0.4) is 0 Å². The van der Waals surface area contributed by atoms with Crippen LogP contribution < -0.4 is 25.6 Å². The number of carbonyl (C=O) groups is 1. The van der Waals surface area contributed by atoms with E-state index in [9.17, 15) is 35.5 Å². The first kappa shape index (κ1) is 30.9. The standard InChI is InChI=1S/C27H22F7N7O2S/c1-14-21(23(42)38-16-4-7-20(19(28)12-16)41-10-8-35-9-11-41)44-24(37-14)18-13-36-25(40-22(18)26(29,30)31)39-15-2-5-17(6-3-15)43-27(32,33)34/h2-7,12-13,35H,8-11H2,1H3,(H,38,42)(H,36,39,40). The normalized spacial score (nSPS) is 14.0. The number of halogens is 7. The van der Waals surface area contributed by atoms with Crippen LogP contribution in [0.15, 0.2) is 48.7 Å². The van der Waals surface area contributed by atoms with Gasteiger partial charge in [0.15, 0.2) is 5.69 Å². The lowest BCUT2D eigenvalue weighted by atomic mass is 10.2. The van der Waals surface area contributed by atoms with Crippen molar-refractivity contribution in [1.82, 2.24) is 20.3 Å². The molecule has 1 aliphatic rings. The fraction of sp³-hybridized carbons (Fsp3) is 0.259. The fourth-order valence-corrected chi connectivity index (χ4v) is 5.31. The van der Waals surface area contributed by atoms with Crippen molar-refractivity contribution < 1.29 is 40.3 Å². The number of nitrogens with zero attached hydrogens (tertiary/aromatic N) is 4. The van der Waals surface area contributed by atoms with Gasteiger partial charge in [-0.3, -0.25) is 4.79 Å². The van der Waals surface area contributed by atoms with E-state index in [1.165, 1.54) is 19.1 Å². The Morgan fingerprint density at radius 3 is 2.32 bits per heavy atom. The lowest BCUT2D eigenvalue weighted by Crippen LogP contribution is -2.43. The van der Waals surface area contributed by atoms with Gasteiger partial charge in [-0.25, -0.2) is 19.3 Å². The first-order valence-corrected chi connectivity index (χ1v) is 13.7. The van der Waals surface area contributed by atoms with Gasteiger partial charge in [0.1, 0.15) is 21.5 Å². The number of hydrogen-bond acceptors (Lipinski definition) is 9. The molecule has 0 aliphatic carbocycles. The Balaban J connectivity index is 1.34. The van der Waals surface area contributed by atoms with Crippen molar-refractivity contribution in [3.05, 3.63) is 70.7 Å². The van der Waals surface area contributed by atoms with Crippen molar-refractivity contribution in [3.8, 4) is 16.3 Å². The maximum absolute atomic E-state index is 14.8. The molecule has 3 N–H and O–H groups in total. The van der Waals surface area contributed by atoms with E-state index < -0.39 is 47.2 Å². The highest BCUT2D eigenvalue weighted by Gasteiger charge is 2.38. The number of benzene rings is 2. The first-order valence-electron chi connectivity index (χ1n) is 12.9. The third kappa shape index (κ3) is 7.34. The molecule has 1 fully saturated rings. The van der Waals surface area contributed by atoms with Crippen molar-refractivity contribution in [2.24, 2.45) is 0 Å². The van der Waals surface area contributed by atoms with Gasteiger partial charge in [-0.2, -0.15) is 13.2 Å². The van der Waals surface area contributed by atoms with Crippen LogP contribution >= 0.6 is 11.3 Å². The quantitative estimate of drug-likeness (QED) is 0.200. The van der Waals surface area contributed by atoms with Gasteiger partial charge in [-0.15, -0.1) is 24.5 Å². The zero-order chi connectivity index (χ0) is 31.6. The summed E-state index contributed by atoms with van der Waals surface area (Å²) in [7, 11) is 0. The smallest absolute Gasteiger partial charge is 0.406 e. The summed E-state index contributed by atoms with van der Waals surface area (Å²) < 4.78 is 97.8. The number of anilines is 4. The molecule has 44 heavy (non-hydrogen) atoms. The summed E-state index contributed by atoms with van der Waals surface area (Å²) in [6, 6.07) is 8.48. The molecule has 1 aliphatic heterocycles. The minimum Gasteiger partial charge on any atom is -0.406 e. The molecule has 9 nitrogen and oxygen atoms in total. The molecule has 0 atom stereocenters. The largest absolute Gasteiger partial charge is 0.573 e. The molecule has 1 saturated heterocycles. The van der Waals surface area contributed by atoms with E-state index in [1.54, 1.807) is 6.07 Å². The third-order valence-corrected chi connectivity index (χ3v) is 7.49. The summed E-state index contributed by atoms with van der Waals surface area (Å²) in [4.78, 5) is 26.5. The van der Waals surface area contributed by atoms with E-state index in [-0.39, 0.29) is 27.0 Å². The lowest BCUT2D eigenvalue weighted by Gasteiger charge is -2.29. The summed E-state index contributed by atoms with van der Waals surface area (Å²) >= 11 is 0.678. The number of nitrogens with one attached hydrogen (secondary N) is 3. The second kappa shape index (κ2) is 12.2. The maximum Gasteiger partial charge on any atom is 0.573 e. The van der Waals surface area contributed by atoms with Crippen LogP contribution in [-0.2, 0) is 6.18 Å². The molecule has 0 saturated carbocycles. The SMILES string of the molecule is Cc1nc(-c2cnc(Nc3ccc(OC(F)(F)F)cc3)nc2C(F)(F)F)sc1C(=O)Nc1ccc(N2CCNCC2)c(F)c1. The number of aromatic nitrogens is 3. The predicted octanol–water partition coefficient (Wildman–Crippen LogP) is 6.37. The van der Waals surface area contributed by atoms with Gasteiger partial charge in [-0.05, 0) is 49.4 Å². The number of alkyl halides is 6. The molecule has 2 aromatic carbocycles. The van der Waals surface area contributed by atoms with Crippen molar-refractivity contribution in [1.29, 1.82) is 0 Å². The van der Waals surface area contributed by atoms with Crippen LogP contribution in [0.4, 0.5) is 53.7 Å². The van der Waals surface area contributed by atoms with Crippen LogP contribution in [0.1, 0.15) is 21.1 Å². The van der Waals surface area contributed by atoms with Crippen molar-refractivity contribution in [2.75, 3.05) is 41.7 Å². The molecule has 2 aromatic heterocycles. The predicted molar refractivity (Wildman–Crippen MR) is 149 cm³/mol. The van der Waals surface area contributed by atoms with Gasteiger partial charge in [0.25, 0.3) is 5.91 Å². The summed E-state index contributed by atoms with van der Waals surface area (Å²) in [5.41, 5.74) is -1.05. The summed E-state index contributed by atoms with van der Waals surface area (Å²) in [5, 5.41) is 8.06. The molecule has 232 valence electrons. The Labute approximate surface area is 249 Å². The second-order valence-corrected chi connectivity index (χ2v) is 10.4. The topological polar surface area (TPSA) is 104 Å². The van der Waals surface area contributed by atoms with Crippen molar-refractivity contribution >= 4 is 40.3 Å². The van der Waals surface area contributed by atoms with E-state index in [4.69, 9.17) is 0 Å². The van der Waals surface area contributed by atoms with Crippen LogP contribution in [0, 0.1) is 12.7 Å². The Kier molecular flexibility index (Phi) is 8.60. The zero-order valence-corrected chi connectivity index (χ0v) is 23.4. The lowest BCUT2D eigenvalue weighted by molar-refractivity contribution is -0.274. The molecule has 5 rings (SSSR count). The highest BCUT2D eigenvalue weighted by molar-refractivity contribution is 7.17.